The maximum atomic E-state index is 13.8. The molecule has 2 heterocycles. The average Bonchev–Trinajstić information content (AvgIpc) is 3.05. The van der Waals surface area contributed by atoms with Gasteiger partial charge in [0.15, 0.2) is 0 Å². The molecule has 31 heavy (non-hydrogen) atoms. The molecule has 0 N–H and O–H groups in total. The number of aryl methyl sites for hydroxylation is 2. The number of amides is 2. The van der Waals surface area contributed by atoms with Gasteiger partial charge in [-0.2, -0.15) is 0 Å². The molecule has 0 bridgehead atoms. The summed E-state index contributed by atoms with van der Waals surface area (Å²) in [5, 5.41) is 0. The molecular formula is C25H29N3O3. The van der Waals surface area contributed by atoms with E-state index in [4.69, 9.17) is 4.74 Å². The smallest absolute Gasteiger partial charge is 0.282 e. The van der Waals surface area contributed by atoms with Crippen molar-refractivity contribution < 1.29 is 14.3 Å². The lowest BCUT2D eigenvalue weighted by Crippen LogP contribution is -2.47. The van der Waals surface area contributed by atoms with Gasteiger partial charge in [-0.3, -0.25) is 9.59 Å². The fraction of sp³-hybridized carbons (Fsp3) is 0.360. The van der Waals surface area contributed by atoms with Crippen LogP contribution in [0.5, 0.6) is 5.75 Å². The van der Waals surface area contributed by atoms with Crippen LogP contribution in [0.1, 0.15) is 23.6 Å². The Morgan fingerprint density at radius 3 is 2.32 bits per heavy atom. The quantitative estimate of drug-likeness (QED) is 0.697. The number of piperazine rings is 1. The minimum atomic E-state index is -0.295. The van der Waals surface area contributed by atoms with Gasteiger partial charge in [0.05, 0.1) is 18.4 Å². The van der Waals surface area contributed by atoms with Gasteiger partial charge in [0.25, 0.3) is 11.8 Å². The Balaban J connectivity index is 1.85. The van der Waals surface area contributed by atoms with Gasteiger partial charge in [0, 0.05) is 31.7 Å². The second-order valence-electron chi connectivity index (χ2n) is 8.08. The molecule has 6 nitrogen and oxygen atoms in total. The van der Waals surface area contributed by atoms with Crippen molar-refractivity contribution in [3.63, 3.8) is 0 Å². The molecule has 0 atom stereocenters. The van der Waals surface area contributed by atoms with Crippen molar-refractivity contribution in [2.24, 2.45) is 0 Å². The first-order chi connectivity index (χ1) is 15.0. The van der Waals surface area contributed by atoms with Crippen LogP contribution < -0.4 is 9.64 Å². The largest absolute Gasteiger partial charge is 0.496 e. The van der Waals surface area contributed by atoms with Crippen LogP contribution in [-0.4, -0.2) is 61.4 Å². The van der Waals surface area contributed by atoms with Gasteiger partial charge in [-0.1, -0.05) is 37.3 Å². The van der Waals surface area contributed by atoms with Crippen molar-refractivity contribution in [3.8, 4) is 5.75 Å². The summed E-state index contributed by atoms with van der Waals surface area (Å²) in [6, 6.07) is 13.3. The fourth-order valence-corrected chi connectivity index (χ4v) is 4.37. The van der Waals surface area contributed by atoms with Crippen LogP contribution in [-0.2, 0) is 9.59 Å². The molecule has 4 rings (SSSR count). The first-order valence-electron chi connectivity index (χ1n) is 10.8. The van der Waals surface area contributed by atoms with Crippen molar-refractivity contribution in [1.82, 2.24) is 9.80 Å². The maximum absolute atomic E-state index is 13.8. The second kappa shape index (κ2) is 8.55. The van der Waals surface area contributed by atoms with E-state index in [1.54, 1.807) is 7.11 Å². The zero-order chi connectivity index (χ0) is 22.1. The van der Waals surface area contributed by atoms with Crippen molar-refractivity contribution in [2.75, 3.05) is 44.7 Å². The number of benzene rings is 2. The summed E-state index contributed by atoms with van der Waals surface area (Å²) in [5.41, 5.74) is 4.10. The number of hydrogen-bond donors (Lipinski definition) is 0. The Hall–Kier alpha value is -3.12. The lowest BCUT2D eigenvalue weighted by molar-refractivity contribution is -0.120. The van der Waals surface area contributed by atoms with E-state index in [1.807, 2.05) is 56.3 Å². The van der Waals surface area contributed by atoms with Gasteiger partial charge in [-0.05, 0) is 43.7 Å². The molecule has 6 heteroatoms. The highest BCUT2D eigenvalue weighted by atomic mass is 16.5. The molecule has 0 radical (unpaired) electrons. The van der Waals surface area contributed by atoms with E-state index in [1.165, 1.54) is 4.90 Å². The van der Waals surface area contributed by atoms with E-state index in [2.05, 4.69) is 16.7 Å². The van der Waals surface area contributed by atoms with Crippen LogP contribution in [0.15, 0.2) is 48.2 Å². The number of carbonyl (C=O) groups excluding carboxylic acids is 2. The van der Waals surface area contributed by atoms with Gasteiger partial charge >= 0.3 is 0 Å². The standard InChI is InChI=1S/C25H29N3O3/c1-5-26-12-14-27(15-13-26)23-22(19-8-6-7-9-21(19)31-4)24(29)28(25(23)30)20-16-17(2)10-11-18(20)3/h6-11,16H,5,12-15H2,1-4H3. The Morgan fingerprint density at radius 2 is 1.65 bits per heavy atom. The third kappa shape index (κ3) is 3.72. The van der Waals surface area contributed by atoms with E-state index in [9.17, 15) is 9.59 Å². The monoisotopic (exact) mass is 419 g/mol. The van der Waals surface area contributed by atoms with Gasteiger partial charge in [-0.25, -0.2) is 4.90 Å². The molecule has 2 amide bonds. The zero-order valence-corrected chi connectivity index (χ0v) is 18.6. The molecule has 0 spiro atoms. The molecule has 2 aliphatic rings. The topological polar surface area (TPSA) is 53.1 Å². The van der Waals surface area contributed by atoms with Crippen LogP contribution in [0.2, 0.25) is 0 Å². The summed E-state index contributed by atoms with van der Waals surface area (Å²) in [4.78, 5) is 33.3. The lowest BCUT2D eigenvalue weighted by atomic mass is 10.0. The second-order valence-corrected chi connectivity index (χ2v) is 8.08. The van der Waals surface area contributed by atoms with Crippen molar-refractivity contribution in [1.29, 1.82) is 0 Å². The molecule has 0 aromatic heterocycles. The van der Waals surface area contributed by atoms with E-state index in [0.717, 1.165) is 30.8 Å². The molecule has 2 aliphatic heterocycles. The number of carbonyl (C=O) groups is 2. The highest BCUT2D eigenvalue weighted by molar-refractivity contribution is 6.45. The SMILES string of the molecule is CCN1CCN(C2=C(c3ccccc3OC)C(=O)N(c3cc(C)ccc3C)C2=O)CC1. The molecule has 0 aliphatic carbocycles. The highest BCUT2D eigenvalue weighted by Crippen LogP contribution is 2.39. The van der Waals surface area contributed by atoms with Crippen LogP contribution >= 0.6 is 0 Å². The predicted molar refractivity (Wildman–Crippen MR) is 122 cm³/mol. The number of hydrogen-bond acceptors (Lipinski definition) is 5. The summed E-state index contributed by atoms with van der Waals surface area (Å²) < 4.78 is 5.55. The zero-order valence-electron chi connectivity index (χ0n) is 18.6. The molecule has 0 unspecified atom stereocenters. The minimum absolute atomic E-state index is 0.260. The number of imide groups is 1. The lowest BCUT2D eigenvalue weighted by Gasteiger charge is -2.36. The Kier molecular flexibility index (Phi) is 5.83. The number of anilines is 1. The van der Waals surface area contributed by atoms with E-state index in [-0.39, 0.29) is 11.8 Å². The molecule has 2 aromatic carbocycles. The number of ether oxygens (including phenoxy) is 1. The van der Waals surface area contributed by atoms with Gasteiger partial charge in [0.1, 0.15) is 11.4 Å². The van der Waals surface area contributed by atoms with Crippen molar-refractivity contribution in [2.45, 2.75) is 20.8 Å². The minimum Gasteiger partial charge on any atom is -0.496 e. The number of para-hydroxylation sites is 1. The Bertz CT molecular complexity index is 1050. The molecule has 162 valence electrons. The summed E-state index contributed by atoms with van der Waals surface area (Å²) in [6.45, 7) is 10.2. The van der Waals surface area contributed by atoms with Crippen LogP contribution in [0.3, 0.4) is 0 Å². The van der Waals surface area contributed by atoms with Crippen molar-refractivity contribution >= 4 is 23.1 Å². The van der Waals surface area contributed by atoms with Crippen molar-refractivity contribution in [3.05, 3.63) is 64.9 Å². The van der Waals surface area contributed by atoms with Crippen LogP contribution in [0.4, 0.5) is 5.69 Å². The molecule has 0 saturated carbocycles. The fourth-order valence-electron chi connectivity index (χ4n) is 4.37. The summed E-state index contributed by atoms with van der Waals surface area (Å²) in [7, 11) is 1.59. The maximum Gasteiger partial charge on any atom is 0.282 e. The van der Waals surface area contributed by atoms with Crippen LogP contribution in [0.25, 0.3) is 5.57 Å². The summed E-state index contributed by atoms with van der Waals surface area (Å²) in [6.07, 6.45) is 0. The number of rotatable bonds is 5. The number of likely N-dealkylation sites (N-methyl/N-ethyl adjacent to an activating group) is 1. The molecule has 1 saturated heterocycles. The van der Waals surface area contributed by atoms with E-state index in [0.29, 0.717) is 41.4 Å². The van der Waals surface area contributed by atoms with Gasteiger partial charge < -0.3 is 14.5 Å². The summed E-state index contributed by atoms with van der Waals surface area (Å²) in [5.74, 6) is 0.0341. The molecule has 1 fully saturated rings. The van der Waals surface area contributed by atoms with E-state index < -0.39 is 0 Å². The average molecular weight is 420 g/mol. The third-order valence-corrected chi connectivity index (χ3v) is 6.18. The van der Waals surface area contributed by atoms with Gasteiger partial charge in [0.2, 0.25) is 0 Å². The van der Waals surface area contributed by atoms with Crippen LogP contribution in [0, 0.1) is 13.8 Å². The molecule has 2 aromatic rings. The first kappa shape index (κ1) is 21.1. The normalized spacial score (nSPS) is 17.7. The number of nitrogens with zero attached hydrogens (tertiary/aromatic N) is 3. The highest BCUT2D eigenvalue weighted by Gasteiger charge is 2.44. The Morgan fingerprint density at radius 1 is 0.935 bits per heavy atom. The number of methoxy groups -OCH3 is 1. The summed E-state index contributed by atoms with van der Waals surface area (Å²) >= 11 is 0. The predicted octanol–water partition coefficient (Wildman–Crippen LogP) is 3.23. The third-order valence-electron chi connectivity index (χ3n) is 6.18. The Labute approximate surface area is 183 Å². The van der Waals surface area contributed by atoms with Gasteiger partial charge in [-0.15, -0.1) is 0 Å². The molecular weight excluding hydrogens is 390 g/mol. The first-order valence-corrected chi connectivity index (χ1v) is 10.8. The van der Waals surface area contributed by atoms with E-state index >= 15 is 0 Å².